The quantitative estimate of drug-likeness (QED) is 0.885. The summed E-state index contributed by atoms with van der Waals surface area (Å²) in [7, 11) is 0. The third-order valence-corrected chi connectivity index (χ3v) is 2.91. The fourth-order valence-corrected chi connectivity index (χ4v) is 1.96. The van der Waals surface area contributed by atoms with Crippen LogP contribution in [0.2, 0.25) is 0 Å². The van der Waals surface area contributed by atoms with Gasteiger partial charge < -0.3 is 9.52 Å². The largest absolute Gasteiger partial charge is 0.419 e. The van der Waals surface area contributed by atoms with Gasteiger partial charge in [-0.05, 0) is 30.5 Å². The molecule has 0 saturated carbocycles. The van der Waals surface area contributed by atoms with E-state index in [4.69, 9.17) is 4.42 Å². The van der Waals surface area contributed by atoms with E-state index in [2.05, 4.69) is 0 Å². The van der Waals surface area contributed by atoms with Crippen molar-refractivity contribution in [2.75, 3.05) is 0 Å². The molecule has 0 aliphatic heterocycles. The van der Waals surface area contributed by atoms with E-state index in [0.29, 0.717) is 18.5 Å². The van der Waals surface area contributed by atoms with Crippen molar-refractivity contribution in [3.8, 4) is 0 Å². The molecule has 4 nitrogen and oxygen atoms in total. The Balaban J connectivity index is 2.53. The molecular formula is C13H17NO3. The summed E-state index contributed by atoms with van der Waals surface area (Å²) in [5, 5.41) is 9.74. The van der Waals surface area contributed by atoms with Crippen molar-refractivity contribution in [1.29, 1.82) is 0 Å². The second kappa shape index (κ2) is 4.75. The van der Waals surface area contributed by atoms with Crippen molar-refractivity contribution in [2.45, 2.75) is 39.3 Å². The highest BCUT2D eigenvalue weighted by molar-refractivity contribution is 5.73. The van der Waals surface area contributed by atoms with Crippen molar-refractivity contribution in [2.24, 2.45) is 0 Å². The second-order valence-electron chi connectivity index (χ2n) is 4.17. The van der Waals surface area contributed by atoms with E-state index in [-0.39, 0.29) is 5.76 Å². The van der Waals surface area contributed by atoms with Crippen molar-refractivity contribution in [1.82, 2.24) is 4.57 Å². The highest BCUT2D eigenvalue weighted by Gasteiger charge is 2.11. The summed E-state index contributed by atoms with van der Waals surface area (Å²) in [5.41, 5.74) is 2.13. The maximum absolute atomic E-state index is 11.6. The van der Waals surface area contributed by atoms with E-state index in [1.165, 1.54) is 0 Å². The first kappa shape index (κ1) is 11.9. The van der Waals surface area contributed by atoms with Crippen LogP contribution in [0.1, 0.15) is 38.4 Å². The maximum Gasteiger partial charge on any atom is 0.419 e. The molecule has 0 bridgehead atoms. The minimum Gasteiger partial charge on any atom is -0.408 e. The first-order chi connectivity index (χ1) is 8.17. The van der Waals surface area contributed by atoms with Crippen LogP contribution in [-0.4, -0.2) is 9.67 Å². The Morgan fingerprint density at radius 1 is 1.41 bits per heavy atom. The molecule has 1 unspecified atom stereocenters. The zero-order chi connectivity index (χ0) is 12.4. The molecule has 1 aromatic carbocycles. The number of oxazole rings is 1. The van der Waals surface area contributed by atoms with Gasteiger partial charge in [-0.1, -0.05) is 19.9 Å². The number of benzene rings is 1. The zero-order valence-electron chi connectivity index (χ0n) is 10.1. The van der Waals surface area contributed by atoms with Gasteiger partial charge in [-0.15, -0.1) is 0 Å². The summed E-state index contributed by atoms with van der Waals surface area (Å²) in [6.45, 7) is 4.58. The van der Waals surface area contributed by atoms with Crippen LogP contribution in [0.4, 0.5) is 0 Å². The van der Waals surface area contributed by atoms with E-state index in [1.54, 1.807) is 10.6 Å². The molecule has 0 aliphatic carbocycles. The fraction of sp³-hybridized carbons (Fsp3) is 0.462. The van der Waals surface area contributed by atoms with Gasteiger partial charge in [0.15, 0.2) is 5.58 Å². The molecule has 0 spiro atoms. The molecule has 0 aliphatic rings. The van der Waals surface area contributed by atoms with Crippen molar-refractivity contribution in [3.05, 3.63) is 34.3 Å². The summed E-state index contributed by atoms with van der Waals surface area (Å²) in [4.78, 5) is 11.6. The summed E-state index contributed by atoms with van der Waals surface area (Å²) >= 11 is 0. The van der Waals surface area contributed by atoms with Crippen LogP contribution >= 0.6 is 0 Å². The van der Waals surface area contributed by atoms with E-state index in [1.807, 2.05) is 26.0 Å². The summed E-state index contributed by atoms with van der Waals surface area (Å²) in [6, 6.07) is 5.43. The van der Waals surface area contributed by atoms with Gasteiger partial charge in [-0.3, -0.25) is 4.57 Å². The Labute approximate surface area is 99.5 Å². The number of aliphatic hydroxyl groups is 1. The first-order valence-electron chi connectivity index (χ1n) is 5.98. The number of aromatic nitrogens is 1. The second-order valence-corrected chi connectivity index (χ2v) is 4.17. The van der Waals surface area contributed by atoms with Crippen molar-refractivity contribution in [3.63, 3.8) is 0 Å². The molecule has 0 radical (unpaired) electrons. The van der Waals surface area contributed by atoms with Crippen LogP contribution in [0.5, 0.6) is 0 Å². The number of fused-ring (bicyclic) bond motifs is 1. The monoisotopic (exact) mass is 235 g/mol. The van der Waals surface area contributed by atoms with E-state index >= 15 is 0 Å². The van der Waals surface area contributed by atoms with Crippen LogP contribution in [0.25, 0.3) is 11.1 Å². The Morgan fingerprint density at radius 2 is 2.18 bits per heavy atom. The molecule has 17 heavy (non-hydrogen) atoms. The van der Waals surface area contributed by atoms with Gasteiger partial charge in [0.05, 0.1) is 11.6 Å². The topological polar surface area (TPSA) is 55.4 Å². The van der Waals surface area contributed by atoms with Crippen LogP contribution in [0.3, 0.4) is 0 Å². The van der Waals surface area contributed by atoms with Gasteiger partial charge in [0.2, 0.25) is 0 Å². The molecule has 2 rings (SSSR count). The van der Waals surface area contributed by atoms with Gasteiger partial charge >= 0.3 is 5.76 Å². The average molecular weight is 235 g/mol. The van der Waals surface area contributed by atoms with Gasteiger partial charge in [0, 0.05) is 6.54 Å². The molecule has 0 saturated heterocycles. The number of hydrogen-bond acceptors (Lipinski definition) is 3. The van der Waals surface area contributed by atoms with Crippen molar-refractivity contribution >= 4 is 11.1 Å². The molecule has 4 heteroatoms. The SMILES string of the molecule is CCCn1c(=O)oc2cc(C(O)CC)ccc21. The van der Waals surface area contributed by atoms with Gasteiger partial charge in [-0.25, -0.2) is 4.79 Å². The molecule has 1 aromatic heterocycles. The molecule has 1 heterocycles. The molecule has 92 valence electrons. The van der Waals surface area contributed by atoms with E-state index < -0.39 is 6.10 Å². The third kappa shape index (κ3) is 2.13. The summed E-state index contributed by atoms with van der Waals surface area (Å²) in [6.07, 6.45) is 1.03. The zero-order valence-corrected chi connectivity index (χ0v) is 10.1. The first-order valence-corrected chi connectivity index (χ1v) is 5.98. The normalized spacial score (nSPS) is 13.1. The predicted octanol–water partition coefficient (Wildman–Crippen LogP) is 2.45. The lowest BCUT2D eigenvalue weighted by molar-refractivity contribution is 0.173. The minimum absolute atomic E-state index is 0.329. The average Bonchev–Trinajstić information content (AvgIpc) is 2.64. The maximum atomic E-state index is 11.6. The Morgan fingerprint density at radius 3 is 2.82 bits per heavy atom. The highest BCUT2D eigenvalue weighted by Crippen LogP contribution is 2.21. The lowest BCUT2D eigenvalue weighted by atomic mass is 10.1. The number of nitrogens with zero attached hydrogens (tertiary/aromatic N) is 1. The standard InChI is InChI=1S/C13H17NO3/c1-3-7-14-10-6-5-9(11(15)4-2)8-12(10)17-13(14)16/h5-6,8,11,15H,3-4,7H2,1-2H3. The number of aliphatic hydroxyl groups excluding tert-OH is 1. The minimum atomic E-state index is -0.501. The fourth-order valence-electron chi connectivity index (χ4n) is 1.96. The van der Waals surface area contributed by atoms with E-state index in [9.17, 15) is 9.90 Å². The molecule has 1 N–H and O–H groups in total. The third-order valence-electron chi connectivity index (χ3n) is 2.91. The lowest BCUT2D eigenvalue weighted by Crippen LogP contribution is -2.13. The lowest BCUT2D eigenvalue weighted by Gasteiger charge is -2.07. The number of rotatable bonds is 4. The molecule has 1 atom stereocenters. The predicted molar refractivity (Wildman–Crippen MR) is 66.0 cm³/mol. The van der Waals surface area contributed by atoms with Gasteiger partial charge in [-0.2, -0.15) is 0 Å². The summed E-state index contributed by atoms with van der Waals surface area (Å²) in [5.74, 6) is -0.329. The van der Waals surface area contributed by atoms with Crippen molar-refractivity contribution < 1.29 is 9.52 Å². The number of aryl methyl sites for hydroxylation is 1. The Bertz CT molecular complexity index is 568. The van der Waals surface area contributed by atoms with Crippen LogP contribution in [-0.2, 0) is 6.54 Å². The van der Waals surface area contributed by atoms with Crippen LogP contribution < -0.4 is 5.76 Å². The van der Waals surface area contributed by atoms with E-state index in [0.717, 1.165) is 17.5 Å². The smallest absolute Gasteiger partial charge is 0.408 e. The Kier molecular flexibility index (Phi) is 3.33. The Hall–Kier alpha value is -1.55. The molecule has 0 fully saturated rings. The molecule has 2 aromatic rings. The highest BCUT2D eigenvalue weighted by atomic mass is 16.4. The van der Waals surface area contributed by atoms with Gasteiger partial charge in [0.25, 0.3) is 0 Å². The summed E-state index contributed by atoms with van der Waals surface area (Å²) < 4.78 is 6.81. The van der Waals surface area contributed by atoms with Gasteiger partial charge in [0.1, 0.15) is 0 Å². The molecular weight excluding hydrogens is 218 g/mol. The molecule has 0 amide bonds. The van der Waals surface area contributed by atoms with Crippen LogP contribution in [0.15, 0.2) is 27.4 Å². The number of hydrogen-bond donors (Lipinski definition) is 1. The van der Waals surface area contributed by atoms with Crippen LogP contribution in [0, 0.1) is 0 Å².